The van der Waals surface area contributed by atoms with Gasteiger partial charge in [0.1, 0.15) is 0 Å². The molecule has 0 aliphatic carbocycles. The van der Waals surface area contributed by atoms with Crippen molar-refractivity contribution in [2.24, 2.45) is 12.0 Å². The van der Waals surface area contributed by atoms with E-state index in [-0.39, 0.29) is 0 Å². The van der Waals surface area contributed by atoms with Gasteiger partial charge in [0.15, 0.2) is 0 Å². The van der Waals surface area contributed by atoms with Gasteiger partial charge in [-0.05, 0) is 61.4 Å². The van der Waals surface area contributed by atoms with Crippen molar-refractivity contribution in [1.29, 1.82) is 10.5 Å². The van der Waals surface area contributed by atoms with Gasteiger partial charge in [-0.15, -0.1) is 4.99 Å². The summed E-state index contributed by atoms with van der Waals surface area (Å²) >= 11 is 0. The first-order valence-electron chi connectivity index (χ1n) is 11.5. The van der Waals surface area contributed by atoms with Gasteiger partial charge in [0.05, 0.1) is 57.4 Å². The second-order valence-corrected chi connectivity index (χ2v) is 9.34. The number of fused-ring (bicyclic) bond motifs is 3. The Bertz CT molecular complexity index is 1850. The molecule has 0 atom stereocenters. The Morgan fingerprint density at radius 2 is 1.61 bits per heavy atom. The van der Waals surface area contributed by atoms with Gasteiger partial charge >= 0.3 is 6.18 Å². The average Bonchev–Trinajstić information content (AvgIpc) is 3.20. The molecule has 0 unspecified atom stereocenters. The van der Waals surface area contributed by atoms with Gasteiger partial charge in [-0.3, -0.25) is 14.5 Å². The lowest BCUT2D eigenvalue weighted by Gasteiger charge is -2.15. The molecule has 5 rings (SSSR count). The second kappa shape index (κ2) is 8.86. The molecule has 0 aliphatic heterocycles. The minimum Gasteiger partial charge on any atom is -0.311 e. The lowest BCUT2D eigenvalue weighted by atomic mass is 9.91. The van der Waals surface area contributed by atoms with Gasteiger partial charge in [0.25, 0.3) is 0 Å². The maximum atomic E-state index is 13.1. The first-order valence-corrected chi connectivity index (χ1v) is 11.5. The van der Waals surface area contributed by atoms with Crippen LogP contribution < -0.4 is 5.62 Å². The van der Waals surface area contributed by atoms with E-state index in [0.29, 0.717) is 44.7 Å². The molecule has 7 nitrogen and oxygen atoms in total. The molecule has 0 amide bonds. The van der Waals surface area contributed by atoms with Crippen LogP contribution in [0.2, 0.25) is 0 Å². The summed E-state index contributed by atoms with van der Waals surface area (Å²) in [5, 5.41) is 19.6. The molecule has 0 fully saturated rings. The highest BCUT2D eigenvalue weighted by Crippen LogP contribution is 2.33. The first kappa shape index (κ1) is 24.7. The number of hydrogen-bond acceptors (Lipinski definition) is 5. The topological polar surface area (TPSA) is 95.6 Å². The third kappa shape index (κ3) is 4.06. The van der Waals surface area contributed by atoms with Crippen LogP contribution in [0.25, 0.3) is 38.8 Å². The average molecular weight is 512 g/mol. The van der Waals surface area contributed by atoms with E-state index >= 15 is 0 Å². The number of halogens is 3. The van der Waals surface area contributed by atoms with E-state index in [2.05, 4.69) is 21.0 Å². The molecule has 3 heterocycles. The highest BCUT2D eigenvalue weighted by molar-refractivity contribution is 6.04. The fourth-order valence-electron chi connectivity index (χ4n) is 4.40. The third-order valence-corrected chi connectivity index (χ3v) is 6.53. The predicted octanol–water partition coefficient (Wildman–Crippen LogP) is 5.78. The van der Waals surface area contributed by atoms with Crippen LogP contribution in [-0.4, -0.2) is 19.1 Å². The van der Waals surface area contributed by atoms with Crippen molar-refractivity contribution in [3.8, 4) is 29.1 Å². The molecule has 38 heavy (non-hydrogen) atoms. The predicted molar refractivity (Wildman–Crippen MR) is 136 cm³/mol. The van der Waals surface area contributed by atoms with Crippen molar-refractivity contribution in [2.75, 3.05) is 0 Å². The lowest BCUT2D eigenvalue weighted by Crippen LogP contribution is -2.23. The zero-order chi connectivity index (χ0) is 27.2. The Morgan fingerprint density at radius 3 is 2.21 bits per heavy atom. The monoisotopic (exact) mass is 511 g/mol. The Kier molecular flexibility index (Phi) is 5.76. The molecule has 0 bridgehead atoms. The first-order chi connectivity index (χ1) is 18.0. The molecular weight excluding hydrogens is 491 g/mol. The van der Waals surface area contributed by atoms with Crippen LogP contribution in [0.5, 0.6) is 0 Å². The Hall–Kier alpha value is -4.96. The van der Waals surface area contributed by atoms with E-state index in [9.17, 15) is 23.7 Å². The van der Waals surface area contributed by atoms with Crippen LogP contribution in [-0.2, 0) is 18.6 Å². The summed E-state index contributed by atoms with van der Waals surface area (Å²) in [6.07, 6.45) is 0.739. The second-order valence-electron chi connectivity index (χ2n) is 9.34. The van der Waals surface area contributed by atoms with Crippen LogP contribution in [0.3, 0.4) is 0 Å². The van der Waals surface area contributed by atoms with Crippen molar-refractivity contribution in [3.63, 3.8) is 0 Å². The molecule has 0 N–H and O–H groups in total. The molecule has 0 spiro atoms. The van der Waals surface area contributed by atoms with Crippen LogP contribution >= 0.6 is 0 Å². The van der Waals surface area contributed by atoms with Crippen molar-refractivity contribution < 1.29 is 13.2 Å². The van der Waals surface area contributed by atoms with Gasteiger partial charge in [-0.2, -0.15) is 23.7 Å². The molecule has 5 aromatic rings. The van der Waals surface area contributed by atoms with Gasteiger partial charge < -0.3 is 4.57 Å². The quantitative estimate of drug-likeness (QED) is 0.287. The highest BCUT2D eigenvalue weighted by atomic mass is 19.4. The molecule has 0 saturated heterocycles. The highest BCUT2D eigenvalue weighted by Gasteiger charge is 2.30. The maximum absolute atomic E-state index is 13.1. The van der Waals surface area contributed by atoms with E-state index in [0.717, 1.165) is 17.5 Å². The number of nitriles is 2. The number of rotatable bonds is 3. The molecule has 3 aromatic heterocycles. The standard InChI is InChI=1S/C28H20F3N7/c1-27(2,15-32)24-11-9-20(13-35-24)38-25-21-12-18(17-4-7-19(8-5-17)28(29,30)31)6-10-22(21)34-14-23(25)37(3)26(38)36-16-33/h4-14H,1-3H3. The minimum atomic E-state index is -4.42. The molecular formula is C28H20F3N7. The lowest BCUT2D eigenvalue weighted by molar-refractivity contribution is -0.137. The fraction of sp³-hybridized carbons (Fsp3) is 0.179. The Morgan fingerprint density at radius 1 is 0.895 bits per heavy atom. The Labute approximate surface area is 215 Å². The summed E-state index contributed by atoms with van der Waals surface area (Å²) in [7, 11) is 1.77. The smallest absolute Gasteiger partial charge is 0.311 e. The Balaban J connectivity index is 1.78. The molecule has 0 saturated carbocycles. The largest absolute Gasteiger partial charge is 0.416 e. The van der Waals surface area contributed by atoms with E-state index < -0.39 is 17.2 Å². The number of aryl methyl sites for hydroxylation is 1. The summed E-state index contributed by atoms with van der Waals surface area (Å²) < 4.78 is 42.7. The van der Waals surface area contributed by atoms with Crippen LogP contribution in [0.15, 0.2) is 72.0 Å². The summed E-state index contributed by atoms with van der Waals surface area (Å²) in [5.74, 6) is 0. The van der Waals surface area contributed by atoms with Crippen molar-refractivity contribution in [2.45, 2.75) is 25.4 Å². The SMILES string of the molecule is Cn1c(=NC#N)n(-c2ccc(C(C)(C)C#N)nc2)c2c3cc(-c4ccc(C(F)(F)F)cc4)ccc3ncc21. The van der Waals surface area contributed by atoms with E-state index in [1.54, 1.807) is 60.6 Å². The molecule has 10 heteroatoms. The van der Waals surface area contributed by atoms with Crippen molar-refractivity contribution in [1.82, 2.24) is 19.1 Å². The number of pyridine rings is 2. The van der Waals surface area contributed by atoms with E-state index in [4.69, 9.17) is 0 Å². The molecule has 188 valence electrons. The zero-order valence-electron chi connectivity index (χ0n) is 20.6. The van der Waals surface area contributed by atoms with Crippen molar-refractivity contribution in [3.05, 3.63) is 83.9 Å². The number of imidazole rings is 1. The third-order valence-electron chi connectivity index (χ3n) is 6.53. The summed E-state index contributed by atoms with van der Waals surface area (Å²) in [6, 6.07) is 16.3. The normalized spacial score (nSPS) is 12.6. The zero-order valence-corrected chi connectivity index (χ0v) is 20.6. The number of nitrogens with zero attached hydrogens (tertiary/aromatic N) is 7. The van der Waals surface area contributed by atoms with Gasteiger partial charge in [-0.25, -0.2) is 0 Å². The van der Waals surface area contributed by atoms with E-state index in [1.807, 2.05) is 18.3 Å². The molecule has 0 radical (unpaired) electrons. The van der Waals surface area contributed by atoms with Crippen LogP contribution in [0, 0.1) is 22.8 Å². The van der Waals surface area contributed by atoms with Crippen LogP contribution in [0.1, 0.15) is 25.1 Å². The molecule has 2 aromatic carbocycles. The number of alkyl halides is 3. The number of aromatic nitrogens is 4. The summed E-state index contributed by atoms with van der Waals surface area (Å²) in [6.45, 7) is 3.55. The van der Waals surface area contributed by atoms with Gasteiger partial charge in [0, 0.05) is 12.4 Å². The van der Waals surface area contributed by atoms with E-state index in [1.165, 1.54) is 12.1 Å². The minimum absolute atomic E-state index is 0.339. The number of hydrogen-bond donors (Lipinski definition) is 0. The maximum Gasteiger partial charge on any atom is 0.416 e. The summed E-state index contributed by atoms with van der Waals surface area (Å²) in [4.78, 5) is 13.1. The summed E-state index contributed by atoms with van der Waals surface area (Å²) in [5.41, 5.74) is 3.43. The fourth-order valence-corrected chi connectivity index (χ4v) is 4.40. The van der Waals surface area contributed by atoms with Crippen molar-refractivity contribution >= 4 is 21.9 Å². The molecule has 0 aliphatic rings. The van der Waals surface area contributed by atoms with Crippen LogP contribution in [0.4, 0.5) is 13.2 Å². The van der Waals surface area contributed by atoms with Gasteiger partial charge in [-0.1, -0.05) is 18.2 Å². The number of benzene rings is 2. The van der Waals surface area contributed by atoms with Gasteiger partial charge in [0.2, 0.25) is 11.8 Å².